The second kappa shape index (κ2) is 12.6. The summed E-state index contributed by atoms with van der Waals surface area (Å²) in [6.07, 6.45) is -0.0509. The highest BCUT2D eigenvalue weighted by Crippen LogP contribution is 2.21. The van der Waals surface area contributed by atoms with Gasteiger partial charge in [0.15, 0.2) is 6.61 Å². The molecule has 0 saturated carbocycles. The molecule has 28 heavy (non-hydrogen) atoms. The first kappa shape index (κ1) is 24.2. The molecule has 0 bridgehead atoms. The summed E-state index contributed by atoms with van der Waals surface area (Å²) in [4.78, 5) is 11.1. The number of halogens is 2. The Morgan fingerprint density at radius 1 is 1.07 bits per heavy atom. The number of rotatable bonds is 10. The smallest absolute Gasteiger partial charge is 0.343 e. The molecule has 2 rings (SSSR count). The summed E-state index contributed by atoms with van der Waals surface area (Å²) >= 11 is 6.06. The molecule has 0 aliphatic heterocycles. The maximum Gasteiger partial charge on any atom is 0.343 e. The molecule has 0 fully saturated rings. The molecule has 2 atom stereocenters. The van der Waals surface area contributed by atoms with Gasteiger partial charge in [-0.1, -0.05) is 42.8 Å². The summed E-state index contributed by atoms with van der Waals surface area (Å²) in [5.74, 6) is 0.560. The third kappa shape index (κ3) is 7.68. The van der Waals surface area contributed by atoms with Gasteiger partial charge in [-0.2, -0.15) is 0 Å². The highest BCUT2D eigenvalue weighted by atomic mass is 35.5. The Balaban J connectivity index is 0.00000392. The maximum absolute atomic E-state index is 11.1. The van der Waals surface area contributed by atoms with Gasteiger partial charge in [0.1, 0.15) is 5.75 Å². The molecule has 0 heterocycles. The number of benzene rings is 2. The zero-order chi connectivity index (χ0) is 19.6. The van der Waals surface area contributed by atoms with Crippen molar-refractivity contribution in [3.8, 4) is 5.75 Å². The first-order valence-electron chi connectivity index (χ1n) is 8.82. The lowest BCUT2D eigenvalue weighted by Gasteiger charge is -2.19. The summed E-state index contributed by atoms with van der Waals surface area (Å²) in [6.45, 7) is 3.57. The summed E-state index contributed by atoms with van der Waals surface area (Å²) in [6, 6.07) is 15.4. The van der Waals surface area contributed by atoms with Gasteiger partial charge in [-0.15, -0.1) is 12.4 Å². The van der Waals surface area contributed by atoms with Crippen molar-refractivity contribution in [3.05, 3.63) is 64.7 Å². The standard InChI is InChI=1S/C21H26ClNO4.ClH/c1-15(16-7-9-19(10-8-16)27-14-21(24)26-3)12-23-13-20(25-2)17-5-4-6-18(22)11-17;/h4-11,15,20,23H,12-14H2,1-3H3;1H. The van der Waals surface area contributed by atoms with Gasteiger partial charge >= 0.3 is 5.97 Å². The van der Waals surface area contributed by atoms with Crippen LogP contribution < -0.4 is 10.1 Å². The highest BCUT2D eigenvalue weighted by molar-refractivity contribution is 6.30. The molecular formula is C21H27Cl2NO4. The number of carbonyl (C=O) groups excluding carboxylic acids is 1. The van der Waals surface area contributed by atoms with Crippen molar-refractivity contribution in [3.63, 3.8) is 0 Å². The molecule has 0 amide bonds. The lowest BCUT2D eigenvalue weighted by atomic mass is 10.0. The Morgan fingerprint density at radius 3 is 2.39 bits per heavy atom. The van der Waals surface area contributed by atoms with Crippen LogP contribution in [0.15, 0.2) is 48.5 Å². The lowest BCUT2D eigenvalue weighted by Crippen LogP contribution is -2.26. The van der Waals surface area contributed by atoms with Crippen LogP contribution in [0.25, 0.3) is 0 Å². The summed E-state index contributed by atoms with van der Waals surface area (Å²) < 4.78 is 15.5. The van der Waals surface area contributed by atoms with Crippen molar-refractivity contribution in [1.29, 1.82) is 0 Å². The average Bonchev–Trinajstić information content (AvgIpc) is 2.69. The van der Waals surface area contributed by atoms with Crippen molar-refractivity contribution in [2.45, 2.75) is 18.9 Å². The Kier molecular flexibility index (Phi) is 10.9. The molecule has 1 N–H and O–H groups in total. The van der Waals surface area contributed by atoms with E-state index in [1.807, 2.05) is 48.5 Å². The van der Waals surface area contributed by atoms with Crippen LogP contribution >= 0.6 is 24.0 Å². The zero-order valence-electron chi connectivity index (χ0n) is 16.3. The second-order valence-electron chi connectivity index (χ2n) is 6.27. The molecule has 0 radical (unpaired) electrons. The Labute approximate surface area is 177 Å². The minimum absolute atomic E-state index is 0. The van der Waals surface area contributed by atoms with Gasteiger partial charge in [0, 0.05) is 25.2 Å². The van der Waals surface area contributed by atoms with Crippen LogP contribution in [0.4, 0.5) is 0 Å². The van der Waals surface area contributed by atoms with E-state index < -0.39 is 5.97 Å². The summed E-state index contributed by atoms with van der Waals surface area (Å²) in [7, 11) is 3.04. The van der Waals surface area contributed by atoms with E-state index in [1.54, 1.807) is 7.11 Å². The topological polar surface area (TPSA) is 56.8 Å². The fourth-order valence-corrected chi connectivity index (χ4v) is 2.89. The molecule has 2 unspecified atom stereocenters. The fourth-order valence-electron chi connectivity index (χ4n) is 2.69. The Hall–Kier alpha value is -1.79. The van der Waals surface area contributed by atoms with E-state index in [0.29, 0.717) is 23.2 Å². The van der Waals surface area contributed by atoms with E-state index in [4.69, 9.17) is 21.1 Å². The molecule has 0 aliphatic carbocycles. The van der Waals surface area contributed by atoms with Crippen LogP contribution in [0, 0.1) is 0 Å². The van der Waals surface area contributed by atoms with E-state index in [2.05, 4.69) is 17.0 Å². The van der Waals surface area contributed by atoms with E-state index in [-0.39, 0.29) is 25.1 Å². The summed E-state index contributed by atoms with van der Waals surface area (Å²) in [5.41, 5.74) is 2.24. The van der Waals surface area contributed by atoms with Crippen molar-refractivity contribution < 1.29 is 19.0 Å². The predicted octanol–water partition coefficient (Wildman–Crippen LogP) is 4.39. The van der Waals surface area contributed by atoms with Crippen molar-refractivity contribution in [2.24, 2.45) is 0 Å². The van der Waals surface area contributed by atoms with Crippen molar-refractivity contribution in [1.82, 2.24) is 5.32 Å². The van der Waals surface area contributed by atoms with Crippen molar-refractivity contribution >= 4 is 30.0 Å². The number of methoxy groups -OCH3 is 2. The van der Waals surface area contributed by atoms with E-state index in [1.165, 1.54) is 12.7 Å². The zero-order valence-corrected chi connectivity index (χ0v) is 17.9. The quantitative estimate of drug-likeness (QED) is 0.569. The molecule has 0 spiro atoms. The molecule has 0 saturated heterocycles. The van der Waals surface area contributed by atoms with Crippen LogP contribution in [0.1, 0.15) is 30.1 Å². The molecule has 2 aromatic rings. The second-order valence-corrected chi connectivity index (χ2v) is 6.71. The molecule has 5 nitrogen and oxygen atoms in total. The molecule has 0 aromatic heterocycles. The van der Waals surface area contributed by atoms with Crippen LogP contribution in [0.2, 0.25) is 5.02 Å². The Morgan fingerprint density at radius 2 is 1.79 bits per heavy atom. The first-order valence-corrected chi connectivity index (χ1v) is 9.19. The van der Waals surface area contributed by atoms with E-state index >= 15 is 0 Å². The van der Waals surface area contributed by atoms with Crippen LogP contribution in [0.3, 0.4) is 0 Å². The molecule has 2 aromatic carbocycles. The van der Waals surface area contributed by atoms with Gasteiger partial charge in [-0.3, -0.25) is 0 Å². The van der Waals surface area contributed by atoms with E-state index in [0.717, 1.165) is 12.1 Å². The third-order valence-corrected chi connectivity index (χ3v) is 4.55. The van der Waals surface area contributed by atoms with Gasteiger partial charge in [-0.05, 0) is 41.3 Å². The summed E-state index contributed by atoms with van der Waals surface area (Å²) in [5, 5.41) is 4.16. The van der Waals surface area contributed by atoms with Crippen LogP contribution in [-0.2, 0) is 14.3 Å². The number of esters is 1. The third-order valence-electron chi connectivity index (χ3n) is 4.32. The largest absolute Gasteiger partial charge is 0.482 e. The minimum atomic E-state index is -0.399. The monoisotopic (exact) mass is 427 g/mol. The van der Waals surface area contributed by atoms with Gasteiger partial charge < -0.3 is 19.5 Å². The minimum Gasteiger partial charge on any atom is -0.482 e. The molecule has 0 aliphatic rings. The van der Waals surface area contributed by atoms with Crippen molar-refractivity contribution in [2.75, 3.05) is 33.9 Å². The van der Waals surface area contributed by atoms with Gasteiger partial charge in [0.2, 0.25) is 0 Å². The predicted molar refractivity (Wildman–Crippen MR) is 114 cm³/mol. The Bertz CT molecular complexity index is 725. The number of carbonyl (C=O) groups is 1. The number of nitrogens with one attached hydrogen (secondary N) is 1. The maximum atomic E-state index is 11.1. The van der Waals surface area contributed by atoms with Gasteiger partial charge in [-0.25, -0.2) is 4.79 Å². The molecule has 7 heteroatoms. The normalized spacial score (nSPS) is 12.6. The number of ether oxygens (including phenoxy) is 3. The van der Waals surface area contributed by atoms with Gasteiger partial charge in [0.25, 0.3) is 0 Å². The molecule has 154 valence electrons. The van der Waals surface area contributed by atoms with Crippen LogP contribution in [-0.4, -0.2) is 39.9 Å². The van der Waals surface area contributed by atoms with Crippen LogP contribution in [0.5, 0.6) is 5.75 Å². The fraction of sp³-hybridized carbons (Fsp3) is 0.381. The van der Waals surface area contributed by atoms with Gasteiger partial charge in [0.05, 0.1) is 13.2 Å². The number of hydrogen-bond acceptors (Lipinski definition) is 5. The SMILES string of the molecule is COC(=O)COc1ccc(C(C)CNCC(OC)c2cccc(Cl)c2)cc1.Cl. The molecular weight excluding hydrogens is 401 g/mol. The first-order chi connectivity index (χ1) is 13.0. The average molecular weight is 428 g/mol. The highest BCUT2D eigenvalue weighted by Gasteiger charge is 2.12. The lowest BCUT2D eigenvalue weighted by molar-refractivity contribution is -0.142. The number of hydrogen-bond donors (Lipinski definition) is 1. The van der Waals surface area contributed by atoms with E-state index in [9.17, 15) is 4.79 Å².